The minimum atomic E-state index is -0.769. The second-order valence-corrected chi connectivity index (χ2v) is 7.12. The Morgan fingerprint density at radius 3 is 2.88 bits per heavy atom. The van der Waals surface area contributed by atoms with Crippen molar-refractivity contribution in [3.05, 3.63) is 11.1 Å². The van der Waals surface area contributed by atoms with E-state index in [0.29, 0.717) is 19.5 Å². The van der Waals surface area contributed by atoms with Crippen LogP contribution < -0.4 is 15.5 Å². The summed E-state index contributed by atoms with van der Waals surface area (Å²) in [6, 6.07) is -1.19. The number of anilines is 1. The van der Waals surface area contributed by atoms with Gasteiger partial charge in [-0.2, -0.15) is 0 Å². The summed E-state index contributed by atoms with van der Waals surface area (Å²) in [4.78, 5) is 43.9. The molecule has 2 fully saturated rings. The topological polar surface area (TPSA) is 94.6 Å². The van der Waals surface area contributed by atoms with Gasteiger partial charge in [0.15, 0.2) is 5.13 Å². The van der Waals surface area contributed by atoms with Gasteiger partial charge in [-0.15, -0.1) is 11.3 Å². The molecule has 3 rings (SSSR count). The van der Waals surface area contributed by atoms with Crippen LogP contribution in [0.2, 0.25) is 0 Å². The van der Waals surface area contributed by atoms with E-state index in [1.54, 1.807) is 11.3 Å². The van der Waals surface area contributed by atoms with Gasteiger partial charge in [0.1, 0.15) is 6.04 Å². The Morgan fingerprint density at radius 2 is 2.16 bits per heavy atom. The van der Waals surface area contributed by atoms with Crippen molar-refractivity contribution in [2.45, 2.75) is 45.2 Å². The summed E-state index contributed by atoms with van der Waals surface area (Å²) in [6.45, 7) is 4.68. The van der Waals surface area contributed by atoms with E-state index in [9.17, 15) is 14.4 Å². The van der Waals surface area contributed by atoms with Gasteiger partial charge in [0.2, 0.25) is 5.91 Å². The first-order valence-corrected chi connectivity index (χ1v) is 9.54. The maximum atomic E-state index is 12.1. The molecule has 2 saturated heterocycles. The number of nitrogens with one attached hydrogen (secondary N) is 2. The fraction of sp³-hybridized carbons (Fsp3) is 0.625. The molecule has 1 aromatic rings. The fourth-order valence-corrected chi connectivity index (χ4v) is 3.91. The lowest BCUT2D eigenvalue weighted by Gasteiger charge is -2.12. The molecule has 0 bridgehead atoms. The molecule has 0 aromatic carbocycles. The molecule has 0 aliphatic carbocycles. The number of urea groups is 1. The van der Waals surface area contributed by atoms with E-state index in [2.05, 4.69) is 20.5 Å². The van der Waals surface area contributed by atoms with Crippen molar-refractivity contribution in [2.24, 2.45) is 0 Å². The number of carbonyl (C=O) groups excluding carboxylic acids is 3. The lowest BCUT2D eigenvalue weighted by molar-refractivity contribution is -0.130. The SMILES string of the molecule is CCCN1C(=O)N[C@@H](CC(=O)NCc2csc(N3CCCC3)n2)C1=O. The van der Waals surface area contributed by atoms with Gasteiger partial charge >= 0.3 is 6.03 Å². The Hall–Kier alpha value is -2.16. The third-order valence-corrected chi connectivity index (χ3v) is 5.28. The van der Waals surface area contributed by atoms with Gasteiger partial charge in [-0.05, 0) is 19.3 Å². The van der Waals surface area contributed by atoms with E-state index in [4.69, 9.17) is 0 Å². The number of thiazole rings is 1. The molecule has 1 atom stereocenters. The average Bonchev–Trinajstić information content (AvgIpc) is 3.31. The zero-order valence-electron chi connectivity index (χ0n) is 14.3. The number of hydrogen-bond acceptors (Lipinski definition) is 6. The highest BCUT2D eigenvalue weighted by Crippen LogP contribution is 2.24. The Bertz CT molecular complexity index is 656. The van der Waals surface area contributed by atoms with Crippen molar-refractivity contribution in [3.63, 3.8) is 0 Å². The van der Waals surface area contributed by atoms with Crippen molar-refractivity contribution >= 4 is 34.3 Å². The summed E-state index contributed by atoms with van der Waals surface area (Å²) >= 11 is 1.58. The van der Waals surface area contributed by atoms with E-state index >= 15 is 0 Å². The summed E-state index contributed by atoms with van der Waals surface area (Å²) in [6.07, 6.45) is 3.04. The molecule has 0 spiro atoms. The van der Waals surface area contributed by atoms with Crippen molar-refractivity contribution in [2.75, 3.05) is 24.5 Å². The summed E-state index contributed by atoms with van der Waals surface area (Å²) in [5.41, 5.74) is 0.814. The molecule has 8 nitrogen and oxygen atoms in total. The molecule has 136 valence electrons. The normalized spacial score (nSPS) is 20.3. The second kappa shape index (κ2) is 7.81. The van der Waals surface area contributed by atoms with Crippen LogP contribution in [0, 0.1) is 0 Å². The largest absolute Gasteiger partial charge is 0.350 e. The second-order valence-electron chi connectivity index (χ2n) is 6.29. The van der Waals surface area contributed by atoms with E-state index < -0.39 is 12.1 Å². The van der Waals surface area contributed by atoms with Crippen LogP contribution in [-0.4, -0.2) is 53.4 Å². The molecule has 0 unspecified atom stereocenters. The van der Waals surface area contributed by atoms with Crippen LogP contribution in [-0.2, 0) is 16.1 Å². The molecular weight excluding hydrogens is 342 g/mol. The molecule has 3 heterocycles. The predicted octanol–water partition coefficient (Wildman–Crippen LogP) is 1.08. The minimum Gasteiger partial charge on any atom is -0.350 e. The van der Waals surface area contributed by atoms with Crippen molar-refractivity contribution in [1.82, 2.24) is 20.5 Å². The van der Waals surface area contributed by atoms with Gasteiger partial charge in [-0.1, -0.05) is 6.92 Å². The lowest BCUT2D eigenvalue weighted by Crippen LogP contribution is -2.36. The van der Waals surface area contributed by atoms with Gasteiger partial charge < -0.3 is 15.5 Å². The number of imide groups is 1. The van der Waals surface area contributed by atoms with Crippen LogP contribution in [0.25, 0.3) is 0 Å². The van der Waals surface area contributed by atoms with Crippen LogP contribution in [0.15, 0.2) is 5.38 Å². The molecule has 2 aliphatic heterocycles. The van der Waals surface area contributed by atoms with Crippen LogP contribution in [0.1, 0.15) is 38.3 Å². The van der Waals surface area contributed by atoms with E-state index in [1.807, 2.05) is 12.3 Å². The number of amides is 4. The molecule has 9 heteroatoms. The van der Waals surface area contributed by atoms with Gasteiger partial charge in [0.05, 0.1) is 18.7 Å². The van der Waals surface area contributed by atoms with Gasteiger partial charge in [-0.25, -0.2) is 9.78 Å². The van der Waals surface area contributed by atoms with Crippen LogP contribution >= 0.6 is 11.3 Å². The van der Waals surface area contributed by atoms with Crippen LogP contribution in [0.3, 0.4) is 0 Å². The van der Waals surface area contributed by atoms with Crippen LogP contribution in [0.5, 0.6) is 0 Å². The van der Waals surface area contributed by atoms with Crippen molar-refractivity contribution in [3.8, 4) is 0 Å². The highest BCUT2D eigenvalue weighted by atomic mass is 32.1. The number of nitrogens with zero attached hydrogens (tertiary/aromatic N) is 3. The van der Waals surface area contributed by atoms with Gasteiger partial charge in [0, 0.05) is 25.0 Å². The first kappa shape index (κ1) is 17.7. The molecule has 0 radical (unpaired) electrons. The number of carbonyl (C=O) groups is 3. The van der Waals surface area contributed by atoms with Gasteiger partial charge in [-0.3, -0.25) is 14.5 Å². The lowest BCUT2D eigenvalue weighted by atomic mass is 10.2. The van der Waals surface area contributed by atoms with E-state index in [1.165, 1.54) is 17.7 Å². The Labute approximate surface area is 150 Å². The zero-order chi connectivity index (χ0) is 17.8. The highest BCUT2D eigenvalue weighted by Gasteiger charge is 2.38. The first-order valence-electron chi connectivity index (χ1n) is 8.66. The molecule has 4 amide bonds. The number of rotatable bonds is 7. The average molecular weight is 365 g/mol. The van der Waals surface area contributed by atoms with Gasteiger partial charge in [0.25, 0.3) is 5.91 Å². The maximum Gasteiger partial charge on any atom is 0.324 e. The fourth-order valence-electron chi connectivity index (χ4n) is 3.03. The Morgan fingerprint density at radius 1 is 1.40 bits per heavy atom. The summed E-state index contributed by atoms with van der Waals surface area (Å²) in [7, 11) is 0. The zero-order valence-corrected chi connectivity index (χ0v) is 15.1. The molecule has 1 aromatic heterocycles. The maximum absolute atomic E-state index is 12.1. The summed E-state index contributed by atoms with van der Waals surface area (Å²) in [5, 5.41) is 8.28. The minimum absolute atomic E-state index is 0.0477. The molecule has 0 saturated carbocycles. The quantitative estimate of drug-likeness (QED) is 0.705. The Balaban J connectivity index is 1.47. The first-order chi connectivity index (χ1) is 12.1. The standard InChI is InChI=1S/C16H23N5O3S/c1-2-5-21-14(23)12(19-15(21)24)8-13(22)17-9-11-10-25-16(18-11)20-6-3-4-7-20/h10,12H,2-9H2,1H3,(H,17,22)(H,19,24)/t12-/m0/s1. The summed E-state index contributed by atoms with van der Waals surface area (Å²) in [5.74, 6) is -0.598. The monoisotopic (exact) mass is 365 g/mol. The van der Waals surface area contributed by atoms with E-state index in [0.717, 1.165) is 23.9 Å². The predicted molar refractivity (Wildman–Crippen MR) is 94.3 cm³/mol. The molecular formula is C16H23N5O3S. The highest BCUT2D eigenvalue weighted by molar-refractivity contribution is 7.13. The van der Waals surface area contributed by atoms with Crippen LogP contribution in [0.4, 0.5) is 9.93 Å². The molecule has 2 N–H and O–H groups in total. The van der Waals surface area contributed by atoms with Crippen molar-refractivity contribution in [1.29, 1.82) is 0 Å². The number of aromatic nitrogens is 1. The number of hydrogen-bond donors (Lipinski definition) is 2. The van der Waals surface area contributed by atoms with E-state index in [-0.39, 0.29) is 18.2 Å². The third kappa shape index (κ3) is 4.09. The molecule has 25 heavy (non-hydrogen) atoms. The smallest absolute Gasteiger partial charge is 0.324 e. The summed E-state index contributed by atoms with van der Waals surface area (Å²) < 4.78 is 0. The Kier molecular flexibility index (Phi) is 5.52. The molecule has 2 aliphatic rings. The van der Waals surface area contributed by atoms with Crippen molar-refractivity contribution < 1.29 is 14.4 Å². The third-order valence-electron chi connectivity index (χ3n) is 4.33.